The van der Waals surface area contributed by atoms with Crippen molar-refractivity contribution in [1.29, 1.82) is 0 Å². The van der Waals surface area contributed by atoms with Crippen molar-refractivity contribution in [3.05, 3.63) is 29.0 Å². The van der Waals surface area contributed by atoms with Crippen LogP contribution in [0, 0.1) is 0 Å². The summed E-state index contributed by atoms with van der Waals surface area (Å²) in [5, 5.41) is 0.234. The largest absolute Gasteiger partial charge is 0.411 e. The highest BCUT2D eigenvalue weighted by Crippen LogP contribution is 2.16. The lowest BCUT2D eigenvalue weighted by molar-refractivity contribution is -0.176. The molecule has 0 aliphatic heterocycles. The van der Waals surface area contributed by atoms with Gasteiger partial charge in [-0.05, 0) is 17.7 Å². The summed E-state index contributed by atoms with van der Waals surface area (Å²) in [5.74, 6) is 0. The molecular weight excluding hydrogens is 219 g/mol. The molecule has 0 aromatic carbocycles. The van der Waals surface area contributed by atoms with Crippen molar-refractivity contribution in [2.24, 2.45) is 0 Å². The predicted molar refractivity (Wildman–Crippen MR) is 45.0 cm³/mol. The maximum Gasteiger partial charge on any atom is 0.411 e. The van der Waals surface area contributed by atoms with Crippen LogP contribution in [0.5, 0.6) is 0 Å². The van der Waals surface area contributed by atoms with Crippen molar-refractivity contribution in [3.63, 3.8) is 0 Å². The van der Waals surface area contributed by atoms with Crippen LogP contribution in [-0.2, 0) is 11.3 Å². The summed E-state index contributed by atoms with van der Waals surface area (Å²) in [6.45, 7) is -1.38. The van der Waals surface area contributed by atoms with Gasteiger partial charge in [0.25, 0.3) is 0 Å². The van der Waals surface area contributed by atoms with Gasteiger partial charge in [-0.3, -0.25) is 0 Å². The summed E-state index contributed by atoms with van der Waals surface area (Å²) in [7, 11) is 0. The average Bonchev–Trinajstić information content (AvgIpc) is 2.01. The van der Waals surface area contributed by atoms with Crippen molar-refractivity contribution in [2.75, 3.05) is 6.61 Å². The molecule has 0 aliphatic rings. The minimum atomic E-state index is -4.29. The van der Waals surface area contributed by atoms with Gasteiger partial charge in [-0.15, -0.1) is 0 Å². The van der Waals surface area contributed by atoms with Crippen LogP contribution < -0.4 is 0 Å². The maximum atomic E-state index is 11.7. The molecule has 0 N–H and O–H groups in total. The zero-order chi connectivity index (χ0) is 10.6. The number of hydrogen-bond acceptors (Lipinski definition) is 2. The summed E-state index contributed by atoms with van der Waals surface area (Å²) in [4.78, 5) is 3.68. The molecule has 0 saturated heterocycles. The van der Waals surface area contributed by atoms with Gasteiger partial charge in [0, 0.05) is 6.20 Å². The summed E-state index contributed by atoms with van der Waals surface area (Å²) in [5.41, 5.74) is 0.564. The van der Waals surface area contributed by atoms with E-state index in [0.717, 1.165) is 0 Å². The Morgan fingerprint density at radius 1 is 1.43 bits per heavy atom. The van der Waals surface area contributed by atoms with E-state index in [-0.39, 0.29) is 11.8 Å². The Kier molecular flexibility index (Phi) is 3.71. The van der Waals surface area contributed by atoms with Gasteiger partial charge >= 0.3 is 6.18 Å². The van der Waals surface area contributed by atoms with Gasteiger partial charge in [-0.2, -0.15) is 13.2 Å². The van der Waals surface area contributed by atoms with E-state index >= 15 is 0 Å². The standard InChI is InChI=1S/C8H7ClF3NO/c9-7-3-6(1-2-13-7)4-14-5-8(10,11)12/h1-3H,4-5H2. The number of hydrogen-bond donors (Lipinski definition) is 0. The van der Waals surface area contributed by atoms with E-state index in [4.69, 9.17) is 11.6 Å². The molecule has 1 heterocycles. The molecule has 0 bridgehead atoms. The van der Waals surface area contributed by atoms with Crippen molar-refractivity contribution in [2.45, 2.75) is 12.8 Å². The van der Waals surface area contributed by atoms with Crippen LogP contribution in [0.25, 0.3) is 0 Å². The average molecular weight is 226 g/mol. The number of halogens is 4. The van der Waals surface area contributed by atoms with E-state index in [1.807, 2.05) is 0 Å². The van der Waals surface area contributed by atoms with Gasteiger partial charge in [-0.1, -0.05) is 11.6 Å². The van der Waals surface area contributed by atoms with E-state index in [0.29, 0.717) is 5.56 Å². The molecule has 0 atom stereocenters. The molecule has 0 aliphatic carbocycles. The Balaban J connectivity index is 2.39. The summed E-state index contributed by atoms with van der Waals surface area (Å²) >= 11 is 5.52. The maximum absolute atomic E-state index is 11.7. The monoisotopic (exact) mass is 225 g/mol. The lowest BCUT2D eigenvalue weighted by Crippen LogP contribution is -2.16. The Labute approximate surface area is 83.7 Å². The minimum absolute atomic E-state index is 0.123. The Morgan fingerprint density at radius 2 is 2.14 bits per heavy atom. The molecular formula is C8H7ClF3NO. The smallest absolute Gasteiger partial charge is 0.367 e. The molecule has 1 aromatic rings. The molecule has 1 rings (SSSR count). The summed E-state index contributed by atoms with van der Waals surface area (Å²) < 4.78 is 39.5. The lowest BCUT2D eigenvalue weighted by atomic mass is 10.3. The minimum Gasteiger partial charge on any atom is -0.367 e. The molecule has 14 heavy (non-hydrogen) atoms. The molecule has 0 amide bonds. The van der Waals surface area contributed by atoms with Crippen LogP contribution in [0.4, 0.5) is 13.2 Å². The van der Waals surface area contributed by atoms with Gasteiger partial charge in [0.15, 0.2) is 0 Å². The second-order valence-electron chi connectivity index (χ2n) is 2.59. The first-order chi connectivity index (χ1) is 6.47. The first-order valence-corrected chi connectivity index (χ1v) is 4.10. The number of aromatic nitrogens is 1. The van der Waals surface area contributed by atoms with Gasteiger partial charge in [0.05, 0.1) is 6.61 Å². The fourth-order valence-electron chi connectivity index (χ4n) is 0.817. The number of nitrogens with zero attached hydrogens (tertiary/aromatic N) is 1. The SMILES string of the molecule is FC(F)(F)COCc1ccnc(Cl)c1. The molecule has 0 radical (unpaired) electrons. The summed E-state index contributed by atoms with van der Waals surface area (Å²) in [6, 6.07) is 3.00. The van der Waals surface area contributed by atoms with E-state index in [2.05, 4.69) is 9.72 Å². The molecule has 0 unspecified atom stereocenters. The third-order valence-corrected chi connectivity index (χ3v) is 1.53. The molecule has 2 nitrogen and oxygen atoms in total. The van der Waals surface area contributed by atoms with Crippen molar-refractivity contribution in [1.82, 2.24) is 4.98 Å². The number of alkyl halides is 3. The van der Waals surface area contributed by atoms with E-state index in [9.17, 15) is 13.2 Å². The third-order valence-electron chi connectivity index (χ3n) is 1.33. The van der Waals surface area contributed by atoms with Gasteiger partial charge < -0.3 is 4.74 Å². The highest BCUT2D eigenvalue weighted by molar-refractivity contribution is 6.29. The number of pyridine rings is 1. The second kappa shape index (κ2) is 4.61. The zero-order valence-electron chi connectivity index (χ0n) is 7.01. The Bertz CT molecular complexity index is 303. The van der Waals surface area contributed by atoms with Crippen LogP contribution in [0.15, 0.2) is 18.3 Å². The lowest BCUT2D eigenvalue weighted by Gasteiger charge is -2.07. The van der Waals surface area contributed by atoms with Crippen LogP contribution in [0.1, 0.15) is 5.56 Å². The van der Waals surface area contributed by atoms with Crippen LogP contribution in [0.3, 0.4) is 0 Å². The molecule has 78 valence electrons. The molecule has 0 spiro atoms. The van der Waals surface area contributed by atoms with Crippen molar-refractivity contribution in [3.8, 4) is 0 Å². The fourth-order valence-corrected chi connectivity index (χ4v) is 1.01. The van der Waals surface area contributed by atoms with Crippen molar-refractivity contribution >= 4 is 11.6 Å². The Morgan fingerprint density at radius 3 is 2.71 bits per heavy atom. The molecule has 1 aromatic heterocycles. The highest BCUT2D eigenvalue weighted by Gasteiger charge is 2.27. The Hall–Kier alpha value is -0.810. The summed E-state index contributed by atoms with van der Waals surface area (Å²) in [6.07, 6.45) is -2.88. The van der Waals surface area contributed by atoms with Crippen LogP contribution in [-0.4, -0.2) is 17.8 Å². The highest BCUT2D eigenvalue weighted by atomic mass is 35.5. The quantitative estimate of drug-likeness (QED) is 0.738. The van der Waals surface area contributed by atoms with Crippen molar-refractivity contribution < 1.29 is 17.9 Å². The topological polar surface area (TPSA) is 22.1 Å². The van der Waals surface area contributed by atoms with E-state index in [1.165, 1.54) is 12.3 Å². The number of rotatable bonds is 3. The fraction of sp³-hybridized carbons (Fsp3) is 0.375. The molecule has 0 fully saturated rings. The predicted octanol–water partition coefficient (Wildman–Crippen LogP) is 2.81. The zero-order valence-corrected chi connectivity index (χ0v) is 7.77. The van der Waals surface area contributed by atoms with E-state index < -0.39 is 12.8 Å². The van der Waals surface area contributed by atoms with Gasteiger partial charge in [0.1, 0.15) is 11.8 Å². The third kappa shape index (κ3) is 4.43. The first-order valence-electron chi connectivity index (χ1n) is 3.72. The van der Waals surface area contributed by atoms with Gasteiger partial charge in [0.2, 0.25) is 0 Å². The van der Waals surface area contributed by atoms with E-state index in [1.54, 1.807) is 6.07 Å². The number of ether oxygens (including phenoxy) is 1. The van der Waals surface area contributed by atoms with Gasteiger partial charge in [-0.25, -0.2) is 4.98 Å². The normalized spacial score (nSPS) is 11.7. The molecule has 6 heteroatoms. The van der Waals surface area contributed by atoms with Crippen LogP contribution in [0.2, 0.25) is 5.15 Å². The molecule has 0 saturated carbocycles. The first kappa shape index (κ1) is 11.3. The van der Waals surface area contributed by atoms with Crippen LogP contribution >= 0.6 is 11.6 Å². The second-order valence-corrected chi connectivity index (χ2v) is 2.98.